The van der Waals surface area contributed by atoms with Gasteiger partial charge in [0.25, 0.3) is 5.91 Å². The number of H-pyrrole nitrogens is 1. The van der Waals surface area contributed by atoms with Crippen molar-refractivity contribution < 1.29 is 14.6 Å². The van der Waals surface area contributed by atoms with Gasteiger partial charge in [-0.3, -0.25) is 4.79 Å². The molecule has 1 atom stereocenters. The van der Waals surface area contributed by atoms with E-state index in [2.05, 4.69) is 10.3 Å². The summed E-state index contributed by atoms with van der Waals surface area (Å²) in [5, 5.41) is 12.7. The largest absolute Gasteiger partial charge is 0.494 e. The summed E-state index contributed by atoms with van der Waals surface area (Å²) in [5.41, 5.74) is 1.38. The summed E-state index contributed by atoms with van der Waals surface area (Å²) in [6.07, 6.45) is 0. The number of aromatic nitrogens is 1. The van der Waals surface area contributed by atoms with E-state index in [9.17, 15) is 4.79 Å². The van der Waals surface area contributed by atoms with Crippen LogP contribution in [0.15, 0.2) is 24.3 Å². The summed E-state index contributed by atoms with van der Waals surface area (Å²) in [6.45, 7) is 4.93. The number of fused-ring (bicyclic) bond motifs is 1. The van der Waals surface area contributed by atoms with Crippen molar-refractivity contribution in [3.8, 4) is 5.75 Å². The monoisotopic (exact) mass is 276 g/mol. The average molecular weight is 276 g/mol. The van der Waals surface area contributed by atoms with Crippen LogP contribution in [-0.4, -0.2) is 35.8 Å². The number of amides is 1. The molecule has 0 fully saturated rings. The van der Waals surface area contributed by atoms with Crippen molar-refractivity contribution in [2.24, 2.45) is 5.92 Å². The van der Waals surface area contributed by atoms with E-state index in [-0.39, 0.29) is 18.4 Å². The molecule has 0 spiro atoms. The number of carbonyl (C=O) groups is 1. The summed E-state index contributed by atoms with van der Waals surface area (Å²) < 4.78 is 5.43. The van der Waals surface area contributed by atoms with E-state index in [4.69, 9.17) is 9.84 Å². The molecule has 2 aromatic rings. The zero-order valence-electron chi connectivity index (χ0n) is 11.8. The highest BCUT2D eigenvalue weighted by molar-refractivity contribution is 5.98. The van der Waals surface area contributed by atoms with Gasteiger partial charge in [-0.2, -0.15) is 0 Å². The summed E-state index contributed by atoms with van der Waals surface area (Å²) in [5.74, 6) is 0.662. The normalized spacial score (nSPS) is 12.3. The third-order valence-electron chi connectivity index (χ3n) is 3.07. The van der Waals surface area contributed by atoms with E-state index in [0.717, 1.165) is 16.7 Å². The van der Waals surface area contributed by atoms with Crippen molar-refractivity contribution in [1.82, 2.24) is 10.3 Å². The molecule has 0 aliphatic carbocycles. The molecule has 3 N–H and O–H groups in total. The molecule has 0 bridgehead atoms. The molecule has 0 saturated carbocycles. The van der Waals surface area contributed by atoms with Crippen molar-refractivity contribution >= 4 is 16.8 Å². The molecule has 0 radical (unpaired) electrons. The minimum absolute atomic E-state index is 0.0490. The minimum Gasteiger partial charge on any atom is -0.494 e. The molecule has 0 aliphatic heterocycles. The minimum atomic E-state index is -0.167. The van der Waals surface area contributed by atoms with Crippen molar-refractivity contribution in [2.45, 2.75) is 13.8 Å². The van der Waals surface area contributed by atoms with Gasteiger partial charge in [-0.05, 0) is 31.0 Å². The maximum absolute atomic E-state index is 12.0. The Kier molecular flexibility index (Phi) is 4.63. The maximum atomic E-state index is 12.0. The Bertz CT molecular complexity index is 592. The van der Waals surface area contributed by atoms with Crippen LogP contribution in [0, 0.1) is 5.92 Å². The molecule has 108 valence electrons. The van der Waals surface area contributed by atoms with E-state index < -0.39 is 0 Å². The summed E-state index contributed by atoms with van der Waals surface area (Å²) in [6, 6.07) is 7.50. The lowest BCUT2D eigenvalue weighted by molar-refractivity contribution is 0.0938. The Morgan fingerprint density at radius 1 is 1.45 bits per heavy atom. The first kappa shape index (κ1) is 14.4. The third kappa shape index (κ3) is 3.30. The number of ether oxygens (including phenoxy) is 1. The maximum Gasteiger partial charge on any atom is 0.267 e. The first-order valence-electron chi connectivity index (χ1n) is 6.78. The lowest BCUT2D eigenvalue weighted by Crippen LogP contribution is -2.29. The molecule has 2 rings (SSSR count). The standard InChI is InChI=1S/C15H20N2O3/c1-3-20-12-5-4-11-6-14(17-13(11)7-12)15(19)16-8-10(2)9-18/h4-7,10,17-18H,3,8-9H2,1-2H3,(H,16,19). The molecular formula is C15H20N2O3. The lowest BCUT2D eigenvalue weighted by atomic mass is 10.2. The van der Waals surface area contributed by atoms with Gasteiger partial charge in [-0.1, -0.05) is 6.92 Å². The van der Waals surface area contributed by atoms with Gasteiger partial charge in [0.15, 0.2) is 0 Å². The predicted molar refractivity (Wildman–Crippen MR) is 78.1 cm³/mol. The molecule has 1 aromatic heterocycles. The molecule has 1 heterocycles. The zero-order chi connectivity index (χ0) is 14.5. The van der Waals surface area contributed by atoms with Crippen LogP contribution >= 0.6 is 0 Å². The number of carbonyl (C=O) groups excluding carboxylic acids is 1. The summed E-state index contributed by atoms with van der Waals surface area (Å²) in [7, 11) is 0. The summed E-state index contributed by atoms with van der Waals surface area (Å²) in [4.78, 5) is 15.1. The quantitative estimate of drug-likeness (QED) is 0.754. The summed E-state index contributed by atoms with van der Waals surface area (Å²) >= 11 is 0. The fourth-order valence-corrected chi connectivity index (χ4v) is 1.91. The molecule has 20 heavy (non-hydrogen) atoms. The Hall–Kier alpha value is -2.01. The second-order valence-electron chi connectivity index (χ2n) is 4.86. The molecular weight excluding hydrogens is 256 g/mol. The third-order valence-corrected chi connectivity index (χ3v) is 3.07. The predicted octanol–water partition coefficient (Wildman–Crippen LogP) is 1.92. The first-order chi connectivity index (χ1) is 9.63. The molecule has 0 saturated heterocycles. The molecule has 1 amide bonds. The van der Waals surface area contributed by atoms with Gasteiger partial charge in [0.1, 0.15) is 11.4 Å². The molecule has 1 unspecified atom stereocenters. The van der Waals surface area contributed by atoms with Gasteiger partial charge in [0.05, 0.1) is 6.61 Å². The first-order valence-corrected chi connectivity index (χ1v) is 6.78. The van der Waals surface area contributed by atoms with Crippen LogP contribution in [0.1, 0.15) is 24.3 Å². The van der Waals surface area contributed by atoms with Crippen LogP contribution in [0.4, 0.5) is 0 Å². The number of rotatable bonds is 6. The highest BCUT2D eigenvalue weighted by atomic mass is 16.5. The van der Waals surface area contributed by atoms with Crippen LogP contribution in [0.2, 0.25) is 0 Å². The molecule has 5 nitrogen and oxygen atoms in total. The van der Waals surface area contributed by atoms with Gasteiger partial charge in [-0.25, -0.2) is 0 Å². The second-order valence-corrected chi connectivity index (χ2v) is 4.86. The number of aliphatic hydroxyl groups is 1. The van der Waals surface area contributed by atoms with Crippen LogP contribution in [0.25, 0.3) is 10.9 Å². The number of aromatic amines is 1. The Morgan fingerprint density at radius 2 is 2.25 bits per heavy atom. The van der Waals surface area contributed by atoms with Gasteiger partial charge >= 0.3 is 0 Å². The fourth-order valence-electron chi connectivity index (χ4n) is 1.91. The zero-order valence-corrected chi connectivity index (χ0v) is 11.8. The topological polar surface area (TPSA) is 74.3 Å². The van der Waals surface area contributed by atoms with Crippen molar-refractivity contribution in [1.29, 1.82) is 0 Å². The van der Waals surface area contributed by atoms with Gasteiger partial charge in [-0.15, -0.1) is 0 Å². The molecule has 0 aliphatic rings. The van der Waals surface area contributed by atoms with Gasteiger partial charge in [0.2, 0.25) is 0 Å². The number of hydrogen-bond acceptors (Lipinski definition) is 3. The van der Waals surface area contributed by atoms with Gasteiger partial charge < -0.3 is 20.1 Å². The number of hydrogen-bond donors (Lipinski definition) is 3. The van der Waals surface area contributed by atoms with Crippen LogP contribution in [0.5, 0.6) is 5.75 Å². The SMILES string of the molecule is CCOc1ccc2cc(C(=O)NCC(C)CO)[nH]c2c1. The smallest absolute Gasteiger partial charge is 0.267 e. The van der Waals surface area contributed by atoms with Crippen LogP contribution in [-0.2, 0) is 0 Å². The van der Waals surface area contributed by atoms with Crippen LogP contribution < -0.4 is 10.1 Å². The van der Waals surface area contributed by atoms with E-state index >= 15 is 0 Å². The Morgan fingerprint density at radius 3 is 2.95 bits per heavy atom. The molecule has 1 aromatic carbocycles. The number of aliphatic hydroxyl groups excluding tert-OH is 1. The second kappa shape index (κ2) is 6.43. The lowest BCUT2D eigenvalue weighted by Gasteiger charge is -2.08. The average Bonchev–Trinajstić information content (AvgIpc) is 2.88. The van der Waals surface area contributed by atoms with Crippen molar-refractivity contribution in [3.05, 3.63) is 30.0 Å². The fraction of sp³-hybridized carbons (Fsp3) is 0.400. The Balaban J connectivity index is 2.12. The number of benzene rings is 1. The van der Waals surface area contributed by atoms with E-state index in [0.29, 0.717) is 18.8 Å². The molecule has 5 heteroatoms. The van der Waals surface area contributed by atoms with Gasteiger partial charge in [0, 0.05) is 30.1 Å². The van der Waals surface area contributed by atoms with Crippen molar-refractivity contribution in [2.75, 3.05) is 19.8 Å². The highest BCUT2D eigenvalue weighted by Gasteiger charge is 2.11. The van der Waals surface area contributed by atoms with E-state index in [1.54, 1.807) is 0 Å². The van der Waals surface area contributed by atoms with E-state index in [1.165, 1.54) is 0 Å². The van der Waals surface area contributed by atoms with E-state index in [1.807, 2.05) is 38.1 Å². The van der Waals surface area contributed by atoms with Crippen LogP contribution in [0.3, 0.4) is 0 Å². The Labute approximate surface area is 117 Å². The van der Waals surface area contributed by atoms with Crippen molar-refractivity contribution in [3.63, 3.8) is 0 Å². The number of nitrogens with one attached hydrogen (secondary N) is 2. The highest BCUT2D eigenvalue weighted by Crippen LogP contribution is 2.21.